The maximum atomic E-state index is 11.2. The molecular formula is C9H14O6. The van der Waals surface area contributed by atoms with Gasteiger partial charge in [-0.25, -0.2) is 9.59 Å². The van der Waals surface area contributed by atoms with Gasteiger partial charge in [0.2, 0.25) is 0 Å². The molecule has 0 heterocycles. The molecule has 0 rings (SSSR count). The average Bonchev–Trinajstić information content (AvgIpc) is 2.12. The van der Waals surface area contributed by atoms with Crippen LogP contribution in [0.15, 0.2) is 0 Å². The van der Waals surface area contributed by atoms with E-state index < -0.39 is 30.1 Å². The monoisotopic (exact) mass is 218 g/mol. The number of carboxylic acid groups (broad SMARTS) is 1. The van der Waals surface area contributed by atoms with E-state index in [1.54, 1.807) is 13.8 Å². The first-order valence-corrected chi connectivity index (χ1v) is 4.49. The van der Waals surface area contributed by atoms with Crippen LogP contribution in [-0.2, 0) is 23.9 Å². The van der Waals surface area contributed by atoms with Crippen molar-refractivity contribution in [3.8, 4) is 0 Å². The SMILES string of the molecule is CCC(C)OC(=O)C(OC(C)=O)C(=O)O. The van der Waals surface area contributed by atoms with Crippen molar-refractivity contribution < 1.29 is 29.0 Å². The summed E-state index contributed by atoms with van der Waals surface area (Å²) in [7, 11) is 0. The highest BCUT2D eigenvalue weighted by atomic mass is 16.6. The minimum absolute atomic E-state index is 0.407. The van der Waals surface area contributed by atoms with E-state index in [-0.39, 0.29) is 0 Å². The van der Waals surface area contributed by atoms with Gasteiger partial charge in [-0.15, -0.1) is 0 Å². The van der Waals surface area contributed by atoms with Gasteiger partial charge in [-0.2, -0.15) is 0 Å². The Bertz CT molecular complexity index is 259. The van der Waals surface area contributed by atoms with Crippen molar-refractivity contribution in [3.63, 3.8) is 0 Å². The van der Waals surface area contributed by atoms with Gasteiger partial charge in [0.25, 0.3) is 6.10 Å². The molecule has 0 radical (unpaired) electrons. The van der Waals surface area contributed by atoms with E-state index in [9.17, 15) is 14.4 Å². The van der Waals surface area contributed by atoms with Crippen molar-refractivity contribution in [3.05, 3.63) is 0 Å². The van der Waals surface area contributed by atoms with Gasteiger partial charge in [0.05, 0.1) is 6.10 Å². The largest absolute Gasteiger partial charge is 0.478 e. The Hall–Kier alpha value is -1.59. The van der Waals surface area contributed by atoms with Gasteiger partial charge in [-0.3, -0.25) is 4.79 Å². The molecule has 86 valence electrons. The van der Waals surface area contributed by atoms with Crippen molar-refractivity contribution >= 4 is 17.9 Å². The maximum absolute atomic E-state index is 11.2. The Balaban J connectivity index is 4.42. The third-order valence-electron chi connectivity index (χ3n) is 1.61. The normalized spacial score (nSPS) is 13.8. The number of rotatable bonds is 5. The Kier molecular flexibility index (Phi) is 5.36. The Morgan fingerprint density at radius 1 is 1.27 bits per heavy atom. The molecule has 0 aliphatic carbocycles. The lowest BCUT2D eigenvalue weighted by atomic mass is 10.3. The number of carbonyl (C=O) groups is 3. The van der Waals surface area contributed by atoms with Crippen LogP contribution in [0, 0.1) is 0 Å². The quantitative estimate of drug-likeness (QED) is 0.528. The van der Waals surface area contributed by atoms with Crippen LogP contribution in [0.5, 0.6) is 0 Å². The Labute approximate surface area is 87.2 Å². The molecule has 0 aliphatic heterocycles. The average molecular weight is 218 g/mol. The molecule has 2 unspecified atom stereocenters. The van der Waals surface area contributed by atoms with Crippen LogP contribution in [-0.4, -0.2) is 35.2 Å². The summed E-state index contributed by atoms with van der Waals surface area (Å²) >= 11 is 0. The molecule has 0 saturated carbocycles. The highest BCUT2D eigenvalue weighted by Crippen LogP contribution is 2.03. The molecule has 0 aromatic rings. The summed E-state index contributed by atoms with van der Waals surface area (Å²) in [5, 5.41) is 8.60. The van der Waals surface area contributed by atoms with E-state index in [2.05, 4.69) is 4.74 Å². The zero-order valence-electron chi connectivity index (χ0n) is 8.85. The summed E-state index contributed by atoms with van der Waals surface area (Å²) in [4.78, 5) is 32.3. The number of hydrogen-bond acceptors (Lipinski definition) is 5. The topological polar surface area (TPSA) is 89.9 Å². The second-order valence-corrected chi connectivity index (χ2v) is 2.98. The molecule has 0 fully saturated rings. The molecule has 0 aliphatic rings. The first-order chi connectivity index (χ1) is 6.88. The van der Waals surface area contributed by atoms with Crippen LogP contribution in [0.4, 0.5) is 0 Å². The van der Waals surface area contributed by atoms with Gasteiger partial charge < -0.3 is 14.6 Å². The first-order valence-electron chi connectivity index (χ1n) is 4.49. The Morgan fingerprint density at radius 2 is 1.80 bits per heavy atom. The predicted octanol–water partition coefficient (Wildman–Crippen LogP) is 0.344. The fraction of sp³-hybridized carbons (Fsp3) is 0.667. The minimum atomic E-state index is -1.88. The van der Waals surface area contributed by atoms with E-state index in [1.165, 1.54) is 0 Å². The van der Waals surface area contributed by atoms with Gasteiger partial charge in [0.1, 0.15) is 0 Å². The second kappa shape index (κ2) is 6.00. The molecule has 6 nitrogen and oxygen atoms in total. The van der Waals surface area contributed by atoms with E-state index in [0.717, 1.165) is 6.92 Å². The highest BCUT2D eigenvalue weighted by Gasteiger charge is 2.31. The van der Waals surface area contributed by atoms with E-state index in [4.69, 9.17) is 9.84 Å². The van der Waals surface area contributed by atoms with E-state index in [1.807, 2.05) is 0 Å². The van der Waals surface area contributed by atoms with Gasteiger partial charge in [-0.1, -0.05) is 6.92 Å². The van der Waals surface area contributed by atoms with Crippen molar-refractivity contribution in [2.45, 2.75) is 39.4 Å². The number of hydrogen-bond donors (Lipinski definition) is 1. The van der Waals surface area contributed by atoms with Crippen LogP contribution in [0.25, 0.3) is 0 Å². The molecule has 0 saturated heterocycles. The molecule has 0 bridgehead atoms. The molecule has 15 heavy (non-hydrogen) atoms. The van der Waals surface area contributed by atoms with Crippen molar-refractivity contribution in [1.29, 1.82) is 0 Å². The number of carboxylic acids is 1. The summed E-state index contributed by atoms with van der Waals surface area (Å²) in [6.45, 7) is 4.41. The number of aliphatic carboxylic acids is 1. The fourth-order valence-corrected chi connectivity index (χ4v) is 0.709. The standard InChI is InChI=1S/C9H14O6/c1-4-5(2)14-9(13)7(8(11)12)15-6(3)10/h5,7H,4H2,1-3H3,(H,11,12). The fourth-order valence-electron chi connectivity index (χ4n) is 0.709. The van der Waals surface area contributed by atoms with Gasteiger partial charge in [0, 0.05) is 6.92 Å². The van der Waals surface area contributed by atoms with Crippen LogP contribution < -0.4 is 0 Å². The molecule has 0 aromatic carbocycles. The lowest BCUT2D eigenvalue weighted by Crippen LogP contribution is -2.37. The number of carbonyl (C=O) groups excluding carboxylic acids is 2. The maximum Gasteiger partial charge on any atom is 0.359 e. The highest BCUT2D eigenvalue weighted by molar-refractivity contribution is 5.98. The van der Waals surface area contributed by atoms with Crippen molar-refractivity contribution in [2.75, 3.05) is 0 Å². The third-order valence-corrected chi connectivity index (χ3v) is 1.61. The van der Waals surface area contributed by atoms with Crippen LogP contribution >= 0.6 is 0 Å². The van der Waals surface area contributed by atoms with Crippen molar-refractivity contribution in [2.24, 2.45) is 0 Å². The van der Waals surface area contributed by atoms with Crippen LogP contribution in [0.3, 0.4) is 0 Å². The smallest absolute Gasteiger partial charge is 0.359 e. The summed E-state index contributed by atoms with van der Waals surface area (Å²) in [6.07, 6.45) is -1.73. The zero-order valence-corrected chi connectivity index (χ0v) is 8.85. The van der Waals surface area contributed by atoms with Crippen molar-refractivity contribution in [1.82, 2.24) is 0 Å². The molecular weight excluding hydrogens is 204 g/mol. The molecule has 2 atom stereocenters. The van der Waals surface area contributed by atoms with Gasteiger partial charge in [-0.05, 0) is 13.3 Å². The van der Waals surface area contributed by atoms with E-state index in [0.29, 0.717) is 6.42 Å². The molecule has 1 N–H and O–H groups in total. The molecule has 0 aromatic heterocycles. The zero-order chi connectivity index (χ0) is 12.0. The number of esters is 2. The second-order valence-electron chi connectivity index (χ2n) is 2.98. The molecule has 0 amide bonds. The van der Waals surface area contributed by atoms with Gasteiger partial charge >= 0.3 is 17.9 Å². The minimum Gasteiger partial charge on any atom is -0.478 e. The summed E-state index contributed by atoms with van der Waals surface area (Å²) in [6, 6.07) is 0. The third kappa shape index (κ3) is 4.99. The van der Waals surface area contributed by atoms with Gasteiger partial charge in [0.15, 0.2) is 0 Å². The summed E-state index contributed by atoms with van der Waals surface area (Å²) < 4.78 is 9.03. The number of ether oxygens (including phenoxy) is 2. The first kappa shape index (κ1) is 13.4. The Morgan fingerprint density at radius 3 is 2.13 bits per heavy atom. The summed E-state index contributed by atoms with van der Waals surface area (Å²) in [5.41, 5.74) is 0. The molecule has 0 spiro atoms. The van der Waals surface area contributed by atoms with Crippen LogP contribution in [0.1, 0.15) is 27.2 Å². The predicted molar refractivity (Wildman–Crippen MR) is 49.0 cm³/mol. The molecule has 6 heteroatoms. The lowest BCUT2D eigenvalue weighted by molar-refractivity contribution is -0.179. The summed E-state index contributed by atoms with van der Waals surface area (Å²) in [5.74, 6) is -3.45. The van der Waals surface area contributed by atoms with E-state index >= 15 is 0 Å². The lowest BCUT2D eigenvalue weighted by Gasteiger charge is -2.15. The van der Waals surface area contributed by atoms with Crippen LogP contribution in [0.2, 0.25) is 0 Å².